The highest BCUT2D eigenvalue weighted by molar-refractivity contribution is 8.00. The Morgan fingerprint density at radius 1 is 0.650 bits per heavy atom. The second-order valence-electron chi connectivity index (χ2n) is 3.61. The third kappa shape index (κ3) is 2.69. The van der Waals surface area contributed by atoms with Crippen molar-refractivity contribution in [1.82, 2.24) is 0 Å². The lowest BCUT2D eigenvalue weighted by molar-refractivity contribution is 0.361. The van der Waals surface area contributed by atoms with Gasteiger partial charge in [-0.05, 0) is 36.2 Å². The van der Waals surface area contributed by atoms with Crippen LogP contribution in [-0.4, -0.2) is 0 Å². The van der Waals surface area contributed by atoms with Gasteiger partial charge in [0.25, 0.3) is 0 Å². The Bertz CT molecular complexity index is 614. The van der Waals surface area contributed by atoms with Crippen LogP contribution in [0.3, 0.4) is 0 Å². The van der Waals surface area contributed by atoms with Gasteiger partial charge >= 0.3 is 0 Å². The third-order valence-electron chi connectivity index (χ3n) is 2.28. The Kier molecular flexibility index (Phi) is 4.12. The Balaban J connectivity index is 2.28. The van der Waals surface area contributed by atoms with Crippen LogP contribution in [-0.2, 0) is 0 Å². The molecular formula is C12H5F6NS. The van der Waals surface area contributed by atoms with Gasteiger partial charge in [-0.15, -0.1) is 0 Å². The molecule has 1 nitrogen and oxygen atoms in total. The Morgan fingerprint density at radius 2 is 1.10 bits per heavy atom. The van der Waals surface area contributed by atoms with E-state index >= 15 is 0 Å². The zero-order valence-electron chi connectivity index (χ0n) is 9.49. The largest absolute Gasteiger partial charge is 0.325 e. The first kappa shape index (κ1) is 14.6. The first-order chi connectivity index (χ1) is 9.41. The molecule has 2 rings (SSSR count). The molecule has 0 radical (unpaired) electrons. The van der Waals surface area contributed by atoms with Crippen molar-refractivity contribution in [1.29, 1.82) is 0 Å². The minimum atomic E-state index is -2.22. The lowest BCUT2D eigenvalue weighted by Crippen LogP contribution is -2.04. The summed E-state index contributed by atoms with van der Waals surface area (Å²) in [5.74, 6) is -10.6. The van der Waals surface area contributed by atoms with Gasteiger partial charge in [0, 0.05) is 5.69 Å². The summed E-state index contributed by atoms with van der Waals surface area (Å²) in [4.78, 5) is -1.06. The van der Waals surface area contributed by atoms with Crippen molar-refractivity contribution in [3.05, 3.63) is 59.2 Å². The molecule has 20 heavy (non-hydrogen) atoms. The van der Waals surface area contributed by atoms with Crippen LogP contribution in [0.5, 0.6) is 0 Å². The maximum absolute atomic E-state index is 13.3. The molecule has 2 aromatic carbocycles. The summed E-state index contributed by atoms with van der Waals surface area (Å²) in [5, 5.41) is 0. The molecule has 0 bridgehead atoms. The molecule has 0 aliphatic rings. The number of nitrogens with one attached hydrogen (secondary N) is 1. The summed E-state index contributed by atoms with van der Waals surface area (Å²) in [6, 6.07) is 4.63. The molecule has 0 atom stereocenters. The highest BCUT2D eigenvalue weighted by atomic mass is 32.2. The topological polar surface area (TPSA) is 12.0 Å². The minimum Gasteiger partial charge on any atom is -0.325 e. The van der Waals surface area contributed by atoms with Gasteiger partial charge in [0.15, 0.2) is 23.3 Å². The monoisotopic (exact) mass is 309 g/mol. The van der Waals surface area contributed by atoms with Crippen LogP contribution >= 0.6 is 11.9 Å². The lowest BCUT2D eigenvalue weighted by atomic mass is 10.3. The van der Waals surface area contributed by atoms with Gasteiger partial charge in [0.05, 0.1) is 0 Å². The molecule has 0 spiro atoms. The average Bonchev–Trinajstić information content (AvgIpc) is 2.45. The fourth-order valence-electron chi connectivity index (χ4n) is 1.30. The molecule has 0 amide bonds. The summed E-state index contributed by atoms with van der Waals surface area (Å²) in [5.41, 5.74) is 0.236. The van der Waals surface area contributed by atoms with Gasteiger partial charge in [-0.2, -0.15) is 0 Å². The second-order valence-corrected chi connectivity index (χ2v) is 4.43. The first-order valence-corrected chi connectivity index (χ1v) is 5.93. The molecule has 0 fully saturated rings. The van der Waals surface area contributed by atoms with Crippen molar-refractivity contribution in [2.75, 3.05) is 4.72 Å². The lowest BCUT2D eigenvalue weighted by Gasteiger charge is -2.09. The molecule has 0 saturated carbocycles. The molecular weight excluding hydrogens is 304 g/mol. The Hall–Kier alpha value is -1.83. The number of anilines is 1. The van der Waals surface area contributed by atoms with Gasteiger partial charge in [-0.25, -0.2) is 26.3 Å². The predicted molar refractivity (Wildman–Crippen MR) is 62.1 cm³/mol. The zero-order valence-corrected chi connectivity index (χ0v) is 10.3. The third-order valence-corrected chi connectivity index (χ3v) is 3.19. The van der Waals surface area contributed by atoms with Crippen molar-refractivity contribution in [3.8, 4) is 0 Å². The van der Waals surface area contributed by atoms with Gasteiger partial charge in [-0.3, -0.25) is 0 Å². The van der Waals surface area contributed by atoms with Crippen LogP contribution < -0.4 is 4.72 Å². The summed E-state index contributed by atoms with van der Waals surface area (Å²) in [6.07, 6.45) is 0. The van der Waals surface area contributed by atoms with Crippen LogP contribution in [0.1, 0.15) is 0 Å². The zero-order chi connectivity index (χ0) is 14.9. The molecule has 0 saturated heterocycles. The number of rotatable bonds is 3. The van der Waals surface area contributed by atoms with Crippen LogP contribution in [0.25, 0.3) is 0 Å². The number of hydrogen-bond acceptors (Lipinski definition) is 2. The molecule has 0 aromatic heterocycles. The van der Waals surface area contributed by atoms with E-state index in [1.165, 1.54) is 12.1 Å². The highest BCUT2D eigenvalue weighted by Gasteiger charge is 2.26. The Morgan fingerprint density at radius 3 is 1.60 bits per heavy atom. The Labute approximate surface area is 113 Å². The SMILES string of the molecule is Fc1ccc(NSc2c(F)c(F)c(F)c(F)c2F)cc1. The van der Waals surface area contributed by atoms with E-state index in [0.717, 1.165) is 12.1 Å². The van der Waals surface area contributed by atoms with Gasteiger partial charge in [0.1, 0.15) is 10.7 Å². The van der Waals surface area contributed by atoms with E-state index in [1.807, 2.05) is 0 Å². The normalized spacial score (nSPS) is 10.7. The molecule has 106 valence electrons. The van der Waals surface area contributed by atoms with Gasteiger partial charge < -0.3 is 4.72 Å². The number of halogens is 6. The van der Waals surface area contributed by atoms with Crippen molar-refractivity contribution in [3.63, 3.8) is 0 Å². The summed E-state index contributed by atoms with van der Waals surface area (Å²) < 4.78 is 80.3. The van der Waals surface area contributed by atoms with Gasteiger partial charge in [0.2, 0.25) is 5.82 Å². The number of benzene rings is 2. The molecule has 2 aromatic rings. The van der Waals surface area contributed by atoms with E-state index in [-0.39, 0.29) is 17.6 Å². The van der Waals surface area contributed by atoms with Crippen LogP contribution in [0, 0.1) is 34.9 Å². The maximum atomic E-state index is 13.3. The van der Waals surface area contributed by atoms with Crippen molar-refractivity contribution in [2.24, 2.45) is 0 Å². The second kappa shape index (κ2) is 5.66. The molecule has 0 unspecified atom stereocenters. The molecule has 1 N–H and O–H groups in total. The van der Waals surface area contributed by atoms with Crippen LogP contribution in [0.15, 0.2) is 29.2 Å². The minimum absolute atomic E-state index is 0.201. The molecule has 0 aliphatic carbocycles. The summed E-state index contributed by atoms with van der Waals surface area (Å²) in [7, 11) is 0. The molecule has 8 heteroatoms. The van der Waals surface area contributed by atoms with E-state index < -0.39 is 39.8 Å². The van der Waals surface area contributed by atoms with Crippen molar-refractivity contribution >= 4 is 17.6 Å². The summed E-state index contributed by atoms with van der Waals surface area (Å²) in [6.45, 7) is 0. The van der Waals surface area contributed by atoms with E-state index in [9.17, 15) is 26.3 Å². The smallest absolute Gasteiger partial charge is 0.200 e. The fourth-order valence-corrected chi connectivity index (χ4v) is 2.02. The molecule has 0 heterocycles. The summed E-state index contributed by atoms with van der Waals surface area (Å²) >= 11 is 0.201. The maximum Gasteiger partial charge on any atom is 0.200 e. The van der Waals surface area contributed by atoms with Crippen LogP contribution in [0.4, 0.5) is 32.0 Å². The van der Waals surface area contributed by atoms with E-state index in [1.54, 1.807) is 0 Å². The average molecular weight is 309 g/mol. The fraction of sp³-hybridized carbons (Fsp3) is 0. The van der Waals surface area contributed by atoms with Crippen LogP contribution in [0.2, 0.25) is 0 Å². The van der Waals surface area contributed by atoms with E-state index in [2.05, 4.69) is 4.72 Å². The van der Waals surface area contributed by atoms with E-state index in [4.69, 9.17) is 0 Å². The van der Waals surface area contributed by atoms with E-state index in [0.29, 0.717) is 0 Å². The highest BCUT2D eigenvalue weighted by Crippen LogP contribution is 2.31. The standard InChI is InChI=1S/C12H5F6NS/c13-5-1-3-6(4-2-5)19-20-12-10(17)8(15)7(14)9(16)11(12)18/h1-4,19H. The van der Waals surface area contributed by atoms with Crippen molar-refractivity contribution in [2.45, 2.75) is 4.90 Å². The predicted octanol–water partition coefficient (Wildman–Crippen LogP) is 4.64. The van der Waals surface area contributed by atoms with Gasteiger partial charge in [-0.1, -0.05) is 0 Å². The first-order valence-electron chi connectivity index (χ1n) is 5.11. The quantitative estimate of drug-likeness (QED) is 0.384. The molecule has 0 aliphatic heterocycles. The number of hydrogen-bond donors (Lipinski definition) is 1. The van der Waals surface area contributed by atoms with Crippen molar-refractivity contribution < 1.29 is 26.3 Å².